The van der Waals surface area contributed by atoms with Gasteiger partial charge >= 0.3 is 0 Å². The number of carbonyl (C=O) groups excluding carboxylic acids is 1. The molecule has 5 nitrogen and oxygen atoms in total. The van der Waals surface area contributed by atoms with Crippen LogP contribution in [-0.4, -0.2) is 14.3 Å². The Kier molecular flexibility index (Phi) is 5.29. The second-order valence-electron chi connectivity index (χ2n) is 6.05. The quantitative estimate of drug-likeness (QED) is 0.863. The first kappa shape index (κ1) is 18.0. The van der Waals surface area contributed by atoms with Crippen LogP contribution in [0.1, 0.15) is 37.8 Å². The highest BCUT2D eigenvalue weighted by atomic mass is 32.2. The predicted molar refractivity (Wildman–Crippen MR) is 96.8 cm³/mol. The van der Waals surface area contributed by atoms with Crippen LogP contribution in [0.4, 0.5) is 11.4 Å². The van der Waals surface area contributed by atoms with Crippen molar-refractivity contribution in [3.05, 3.63) is 53.6 Å². The lowest BCUT2D eigenvalue weighted by Crippen LogP contribution is -2.15. The van der Waals surface area contributed by atoms with Crippen molar-refractivity contribution in [3.8, 4) is 0 Å². The van der Waals surface area contributed by atoms with Crippen LogP contribution in [-0.2, 0) is 14.8 Å². The van der Waals surface area contributed by atoms with Crippen LogP contribution in [0.15, 0.2) is 47.4 Å². The van der Waals surface area contributed by atoms with Crippen molar-refractivity contribution in [2.24, 2.45) is 0 Å². The van der Waals surface area contributed by atoms with E-state index in [2.05, 4.69) is 10.0 Å². The zero-order valence-electron chi connectivity index (χ0n) is 14.3. The van der Waals surface area contributed by atoms with Crippen molar-refractivity contribution >= 4 is 27.3 Å². The maximum absolute atomic E-state index is 12.7. The summed E-state index contributed by atoms with van der Waals surface area (Å²) in [5, 5.41) is 2.63. The third kappa shape index (κ3) is 4.35. The molecule has 6 heteroatoms. The second kappa shape index (κ2) is 7.05. The molecular formula is C18H22N2O3S. The molecule has 0 aliphatic rings. The molecule has 0 bridgehead atoms. The van der Waals surface area contributed by atoms with E-state index in [0.717, 1.165) is 5.56 Å². The van der Waals surface area contributed by atoms with Gasteiger partial charge in [0.2, 0.25) is 5.91 Å². The largest absolute Gasteiger partial charge is 0.326 e. The average Bonchev–Trinajstić information content (AvgIpc) is 2.46. The van der Waals surface area contributed by atoms with Crippen LogP contribution in [0.2, 0.25) is 0 Å². The third-order valence-electron chi connectivity index (χ3n) is 3.60. The van der Waals surface area contributed by atoms with Gasteiger partial charge < -0.3 is 5.32 Å². The molecule has 0 aromatic heterocycles. The molecule has 0 saturated carbocycles. The van der Waals surface area contributed by atoms with Crippen molar-refractivity contribution in [2.75, 3.05) is 10.0 Å². The van der Waals surface area contributed by atoms with E-state index in [-0.39, 0.29) is 16.7 Å². The Hall–Kier alpha value is -2.34. The van der Waals surface area contributed by atoms with Gasteiger partial charge in [-0.25, -0.2) is 8.42 Å². The second-order valence-corrected chi connectivity index (χ2v) is 7.70. The molecule has 0 aliphatic carbocycles. The summed E-state index contributed by atoms with van der Waals surface area (Å²) in [4.78, 5) is 11.4. The molecule has 2 N–H and O–H groups in total. The van der Waals surface area contributed by atoms with Crippen molar-refractivity contribution in [1.29, 1.82) is 0 Å². The van der Waals surface area contributed by atoms with Gasteiger partial charge in [0, 0.05) is 12.6 Å². The number of hydrogen-bond donors (Lipinski definition) is 2. The number of anilines is 2. The number of nitrogens with one attached hydrogen (secondary N) is 2. The van der Waals surface area contributed by atoms with E-state index in [9.17, 15) is 13.2 Å². The van der Waals surface area contributed by atoms with Gasteiger partial charge in [-0.05, 0) is 48.2 Å². The molecule has 2 aromatic rings. The standard InChI is InChI=1S/C18H22N2O3S/c1-12(2)15-9-8-13(3)18(10-15)24(22,23)20-17-7-5-6-16(11-17)19-14(4)21/h5-12,20H,1-4H3,(H,19,21). The molecule has 0 spiro atoms. The lowest BCUT2D eigenvalue weighted by Gasteiger charge is -2.14. The summed E-state index contributed by atoms with van der Waals surface area (Å²) in [6, 6.07) is 12.1. The Labute approximate surface area is 143 Å². The van der Waals surface area contributed by atoms with E-state index in [0.29, 0.717) is 16.9 Å². The van der Waals surface area contributed by atoms with Crippen LogP contribution < -0.4 is 10.0 Å². The van der Waals surface area contributed by atoms with Gasteiger partial charge in [-0.2, -0.15) is 0 Å². The van der Waals surface area contributed by atoms with Crippen molar-refractivity contribution < 1.29 is 13.2 Å². The number of hydrogen-bond acceptors (Lipinski definition) is 3. The van der Waals surface area contributed by atoms with E-state index in [1.165, 1.54) is 6.92 Å². The molecule has 0 heterocycles. The van der Waals surface area contributed by atoms with E-state index in [4.69, 9.17) is 0 Å². The highest BCUT2D eigenvalue weighted by Gasteiger charge is 2.18. The molecule has 0 fully saturated rings. The summed E-state index contributed by atoms with van der Waals surface area (Å²) < 4.78 is 28.0. The zero-order valence-corrected chi connectivity index (χ0v) is 15.1. The van der Waals surface area contributed by atoms with Gasteiger partial charge in [0.05, 0.1) is 10.6 Å². The fourth-order valence-electron chi connectivity index (χ4n) is 2.34. The van der Waals surface area contributed by atoms with Gasteiger partial charge in [-0.3, -0.25) is 9.52 Å². The fraction of sp³-hybridized carbons (Fsp3) is 0.278. The molecule has 128 valence electrons. The summed E-state index contributed by atoms with van der Waals surface area (Å²) in [6.45, 7) is 7.21. The van der Waals surface area contributed by atoms with E-state index < -0.39 is 10.0 Å². The number of carbonyl (C=O) groups is 1. The predicted octanol–water partition coefficient (Wildman–Crippen LogP) is 3.88. The molecule has 0 atom stereocenters. The number of aryl methyl sites for hydroxylation is 1. The molecule has 0 saturated heterocycles. The van der Waals surface area contributed by atoms with Crippen molar-refractivity contribution in [1.82, 2.24) is 0 Å². The van der Waals surface area contributed by atoms with Gasteiger partial charge in [0.1, 0.15) is 0 Å². The number of sulfonamides is 1. The van der Waals surface area contributed by atoms with Gasteiger partial charge in [-0.15, -0.1) is 0 Å². The minimum Gasteiger partial charge on any atom is -0.326 e. The fourth-order valence-corrected chi connectivity index (χ4v) is 3.67. The molecule has 2 aromatic carbocycles. The first-order valence-electron chi connectivity index (χ1n) is 7.70. The van der Waals surface area contributed by atoms with Crippen LogP contribution in [0.25, 0.3) is 0 Å². The molecule has 2 rings (SSSR count). The smallest absolute Gasteiger partial charge is 0.262 e. The summed E-state index contributed by atoms with van der Waals surface area (Å²) in [7, 11) is -3.71. The number of rotatable bonds is 5. The number of benzene rings is 2. The van der Waals surface area contributed by atoms with Crippen molar-refractivity contribution in [3.63, 3.8) is 0 Å². The Morgan fingerprint density at radius 2 is 1.71 bits per heavy atom. The molecule has 0 aliphatic heterocycles. The summed E-state index contributed by atoms with van der Waals surface area (Å²) in [5.41, 5.74) is 2.59. The molecular weight excluding hydrogens is 324 g/mol. The maximum atomic E-state index is 12.7. The Morgan fingerprint density at radius 3 is 2.33 bits per heavy atom. The first-order chi connectivity index (χ1) is 11.2. The van der Waals surface area contributed by atoms with Crippen LogP contribution in [0, 0.1) is 6.92 Å². The normalized spacial score (nSPS) is 11.4. The zero-order chi connectivity index (χ0) is 17.9. The van der Waals surface area contributed by atoms with Crippen LogP contribution in [0.3, 0.4) is 0 Å². The lowest BCUT2D eigenvalue weighted by molar-refractivity contribution is -0.114. The van der Waals surface area contributed by atoms with E-state index in [1.807, 2.05) is 26.0 Å². The van der Waals surface area contributed by atoms with Gasteiger partial charge in [-0.1, -0.05) is 32.0 Å². The summed E-state index contributed by atoms with van der Waals surface area (Å²) >= 11 is 0. The first-order valence-corrected chi connectivity index (χ1v) is 9.18. The summed E-state index contributed by atoms with van der Waals surface area (Å²) in [6.07, 6.45) is 0. The minimum atomic E-state index is -3.71. The van der Waals surface area contributed by atoms with Crippen LogP contribution >= 0.6 is 0 Å². The topological polar surface area (TPSA) is 75.3 Å². The Balaban J connectivity index is 2.35. The third-order valence-corrected chi connectivity index (χ3v) is 5.13. The van der Waals surface area contributed by atoms with E-state index >= 15 is 0 Å². The van der Waals surface area contributed by atoms with Crippen molar-refractivity contribution in [2.45, 2.75) is 38.5 Å². The highest BCUT2D eigenvalue weighted by molar-refractivity contribution is 7.92. The van der Waals surface area contributed by atoms with E-state index in [1.54, 1.807) is 37.3 Å². The van der Waals surface area contributed by atoms with Crippen LogP contribution in [0.5, 0.6) is 0 Å². The molecule has 0 radical (unpaired) electrons. The molecule has 0 unspecified atom stereocenters. The average molecular weight is 346 g/mol. The Morgan fingerprint density at radius 1 is 1.04 bits per heavy atom. The summed E-state index contributed by atoms with van der Waals surface area (Å²) in [5.74, 6) is 0.0260. The highest BCUT2D eigenvalue weighted by Crippen LogP contribution is 2.25. The van der Waals surface area contributed by atoms with Gasteiger partial charge in [0.15, 0.2) is 0 Å². The monoisotopic (exact) mass is 346 g/mol. The Bertz CT molecular complexity index is 858. The minimum absolute atomic E-state index is 0.213. The van der Waals surface area contributed by atoms with Gasteiger partial charge in [0.25, 0.3) is 10.0 Å². The molecule has 24 heavy (non-hydrogen) atoms. The lowest BCUT2D eigenvalue weighted by atomic mass is 10.0. The maximum Gasteiger partial charge on any atom is 0.262 e. The number of amides is 1. The molecule has 1 amide bonds. The SMILES string of the molecule is CC(=O)Nc1cccc(NS(=O)(=O)c2cc(C(C)C)ccc2C)c1.